The van der Waals surface area contributed by atoms with E-state index in [9.17, 15) is 9.50 Å². The van der Waals surface area contributed by atoms with E-state index in [1.165, 1.54) is 18.2 Å². The van der Waals surface area contributed by atoms with Crippen LogP contribution in [-0.4, -0.2) is 30.3 Å². The van der Waals surface area contributed by atoms with Gasteiger partial charge in [0.25, 0.3) is 0 Å². The van der Waals surface area contributed by atoms with E-state index in [4.69, 9.17) is 11.6 Å². The number of aromatic nitrogens is 5. The number of benzene rings is 2. The van der Waals surface area contributed by atoms with Crippen LogP contribution >= 0.6 is 11.6 Å². The van der Waals surface area contributed by atoms with Gasteiger partial charge in [0, 0.05) is 10.4 Å². The molecule has 148 valence electrons. The van der Waals surface area contributed by atoms with Crippen molar-refractivity contribution >= 4 is 22.5 Å². The van der Waals surface area contributed by atoms with E-state index in [0.717, 1.165) is 41.3 Å². The number of tetrazole rings is 1. The minimum Gasteiger partial charge on any atom is -0.377 e. The largest absolute Gasteiger partial charge is 0.377 e. The van der Waals surface area contributed by atoms with Crippen molar-refractivity contribution in [1.82, 2.24) is 25.2 Å². The third-order valence-corrected chi connectivity index (χ3v) is 4.83. The van der Waals surface area contributed by atoms with E-state index in [2.05, 4.69) is 20.5 Å². The number of halogens is 4. The van der Waals surface area contributed by atoms with E-state index in [1.807, 2.05) is 0 Å². The van der Waals surface area contributed by atoms with Crippen molar-refractivity contribution in [2.24, 2.45) is 0 Å². The number of nitrogens with zero attached hydrogens (tertiary/aromatic N) is 5. The molecule has 29 heavy (non-hydrogen) atoms. The number of pyridine rings is 1. The van der Waals surface area contributed by atoms with Crippen LogP contribution in [-0.2, 0) is 18.1 Å². The van der Waals surface area contributed by atoms with Crippen molar-refractivity contribution in [1.29, 1.82) is 0 Å². The lowest BCUT2D eigenvalue weighted by Crippen LogP contribution is -2.47. The van der Waals surface area contributed by atoms with Gasteiger partial charge in [0.15, 0.2) is 5.60 Å². The summed E-state index contributed by atoms with van der Waals surface area (Å²) in [7, 11) is 0. The molecular weight excluding hydrogens is 407 g/mol. The Morgan fingerprint density at radius 1 is 1.03 bits per heavy atom. The Balaban J connectivity index is 1.85. The van der Waals surface area contributed by atoms with Crippen molar-refractivity contribution in [3.63, 3.8) is 0 Å². The molecule has 0 saturated carbocycles. The molecule has 1 atom stereocenters. The molecular formula is C19H13ClF3N5O. The van der Waals surface area contributed by atoms with Gasteiger partial charge in [-0.05, 0) is 52.4 Å². The van der Waals surface area contributed by atoms with E-state index >= 15 is 8.78 Å². The molecule has 0 aliphatic carbocycles. The smallest absolute Gasteiger partial charge is 0.323 e. The highest BCUT2D eigenvalue weighted by Crippen LogP contribution is 2.46. The molecule has 0 spiro atoms. The molecule has 0 radical (unpaired) electrons. The maximum atomic E-state index is 15.7. The first kappa shape index (κ1) is 19.3. The van der Waals surface area contributed by atoms with E-state index in [1.54, 1.807) is 6.07 Å². The average Bonchev–Trinajstić information content (AvgIpc) is 3.20. The number of hydrogen-bond donors (Lipinski definition) is 1. The van der Waals surface area contributed by atoms with Crippen molar-refractivity contribution in [3.05, 3.63) is 83.0 Å². The molecule has 1 N–H and O–H groups in total. The zero-order chi connectivity index (χ0) is 20.6. The van der Waals surface area contributed by atoms with Crippen LogP contribution in [0.5, 0.6) is 0 Å². The normalized spacial score (nSPS) is 14.1. The third-order valence-electron chi connectivity index (χ3n) is 4.60. The Morgan fingerprint density at radius 3 is 2.48 bits per heavy atom. The summed E-state index contributed by atoms with van der Waals surface area (Å²) >= 11 is 5.93. The Bertz CT molecular complexity index is 1150. The fourth-order valence-corrected chi connectivity index (χ4v) is 3.25. The zero-order valence-electron chi connectivity index (χ0n) is 14.7. The minimum atomic E-state index is -3.87. The summed E-state index contributed by atoms with van der Waals surface area (Å²) in [6.07, 6.45) is 1.10. The fraction of sp³-hybridized carbons (Fsp3) is 0.158. The maximum absolute atomic E-state index is 15.7. The first-order valence-electron chi connectivity index (χ1n) is 8.43. The lowest BCUT2D eigenvalue weighted by atomic mass is 9.85. The predicted octanol–water partition coefficient (Wildman–Crippen LogP) is 3.69. The summed E-state index contributed by atoms with van der Waals surface area (Å²) in [5.41, 5.74) is -3.39. The van der Waals surface area contributed by atoms with Gasteiger partial charge in [0.05, 0.1) is 12.1 Å². The molecule has 0 saturated heterocycles. The van der Waals surface area contributed by atoms with Gasteiger partial charge in [0.2, 0.25) is 0 Å². The Labute approximate surface area is 167 Å². The predicted molar refractivity (Wildman–Crippen MR) is 98.8 cm³/mol. The second kappa shape index (κ2) is 7.09. The summed E-state index contributed by atoms with van der Waals surface area (Å²) in [5, 5.41) is 22.6. The molecule has 6 nitrogen and oxygen atoms in total. The van der Waals surface area contributed by atoms with Gasteiger partial charge >= 0.3 is 5.92 Å². The van der Waals surface area contributed by atoms with Gasteiger partial charge in [-0.2, -0.15) is 8.78 Å². The molecule has 2 aromatic carbocycles. The molecule has 0 aliphatic rings. The molecule has 0 aliphatic heterocycles. The van der Waals surface area contributed by atoms with Gasteiger partial charge in [-0.15, -0.1) is 5.10 Å². The van der Waals surface area contributed by atoms with Crippen LogP contribution in [0.25, 0.3) is 10.9 Å². The quantitative estimate of drug-likeness (QED) is 0.534. The van der Waals surface area contributed by atoms with Crippen LogP contribution in [0.15, 0.2) is 60.9 Å². The van der Waals surface area contributed by atoms with Crippen molar-refractivity contribution in [2.45, 2.75) is 18.1 Å². The van der Waals surface area contributed by atoms with Crippen molar-refractivity contribution in [2.75, 3.05) is 0 Å². The maximum Gasteiger partial charge on any atom is 0.323 e. The zero-order valence-corrected chi connectivity index (χ0v) is 15.4. The Morgan fingerprint density at radius 2 is 1.79 bits per heavy atom. The van der Waals surface area contributed by atoms with Gasteiger partial charge in [-0.25, -0.2) is 14.1 Å². The van der Waals surface area contributed by atoms with Crippen molar-refractivity contribution in [3.8, 4) is 0 Å². The van der Waals surface area contributed by atoms with Gasteiger partial charge in [0.1, 0.15) is 17.8 Å². The first-order chi connectivity index (χ1) is 13.8. The lowest BCUT2D eigenvalue weighted by molar-refractivity contribution is -0.206. The molecule has 4 rings (SSSR count). The monoisotopic (exact) mass is 419 g/mol. The summed E-state index contributed by atoms with van der Waals surface area (Å²) in [6.45, 7) is -0.682. The molecule has 10 heteroatoms. The van der Waals surface area contributed by atoms with Gasteiger partial charge in [-0.3, -0.25) is 0 Å². The van der Waals surface area contributed by atoms with Crippen molar-refractivity contribution < 1.29 is 18.3 Å². The summed E-state index contributed by atoms with van der Waals surface area (Å²) < 4.78 is 45.7. The standard InChI is InChI=1S/C19H13ClF3N5O/c20-14-4-7-16-12(9-14)1-8-17(25-16)19(22,23)18(29,10-28-11-24-26-27-28)13-2-5-15(21)6-3-13/h1-9,11,29H,10H2. The van der Waals surface area contributed by atoms with E-state index in [0.29, 0.717) is 10.4 Å². The lowest BCUT2D eigenvalue weighted by Gasteiger charge is -2.35. The second-order valence-electron chi connectivity index (χ2n) is 6.48. The average molecular weight is 420 g/mol. The topological polar surface area (TPSA) is 76.7 Å². The molecule has 4 aromatic rings. The summed E-state index contributed by atoms with van der Waals surface area (Å²) in [6, 6.07) is 11.4. The first-order valence-corrected chi connectivity index (χ1v) is 8.81. The van der Waals surface area contributed by atoms with Crippen LogP contribution < -0.4 is 0 Å². The Kier molecular flexibility index (Phi) is 4.71. The highest BCUT2D eigenvalue weighted by molar-refractivity contribution is 6.31. The fourth-order valence-electron chi connectivity index (χ4n) is 3.07. The number of alkyl halides is 2. The van der Waals surface area contributed by atoms with Crippen LogP contribution in [0.1, 0.15) is 11.3 Å². The van der Waals surface area contributed by atoms with E-state index < -0.39 is 29.6 Å². The number of hydrogen-bond acceptors (Lipinski definition) is 5. The van der Waals surface area contributed by atoms with Crippen LogP contribution in [0, 0.1) is 5.82 Å². The summed E-state index contributed by atoms with van der Waals surface area (Å²) in [5.74, 6) is -4.49. The molecule has 0 bridgehead atoms. The highest BCUT2D eigenvalue weighted by atomic mass is 35.5. The molecule has 2 aromatic heterocycles. The minimum absolute atomic E-state index is 0.211. The van der Waals surface area contributed by atoms with Crippen LogP contribution in [0.2, 0.25) is 5.02 Å². The van der Waals surface area contributed by atoms with Gasteiger partial charge < -0.3 is 5.11 Å². The van der Waals surface area contributed by atoms with Crippen LogP contribution in [0.3, 0.4) is 0 Å². The summed E-state index contributed by atoms with van der Waals surface area (Å²) in [4.78, 5) is 4.02. The molecule has 2 heterocycles. The molecule has 0 amide bonds. The van der Waals surface area contributed by atoms with Gasteiger partial charge in [-0.1, -0.05) is 29.8 Å². The number of aliphatic hydroxyl groups is 1. The third kappa shape index (κ3) is 3.43. The number of fused-ring (bicyclic) bond motifs is 1. The Hall–Kier alpha value is -3.04. The van der Waals surface area contributed by atoms with Crippen LogP contribution in [0.4, 0.5) is 13.2 Å². The highest BCUT2D eigenvalue weighted by Gasteiger charge is 2.56. The number of rotatable bonds is 5. The molecule has 0 fully saturated rings. The molecule has 1 unspecified atom stereocenters. The van der Waals surface area contributed by atoms with E-state index in [-0.39, 0.29) is 11.1 Å². The second-order valence-corrected chi connectivity index (χ2v) is 6.92. The SMILES string of the molecule is OC(Cn1cnnn1)(c1ccc(F)cc1)C(F)(F)c1ccc2cc(Cl)ccc2n1.